The van der Waals surface area contributed by atoms with E-state index in [2.05, 4.69) is 30.2 Å². The molecule has 0 radical (unpaired) electrons. The number of pyridine rings is 6. The van der Waals surface area contributed by atoms with E-state index in [9.17, 15) is 0 Å². The number of nitrogens with zero attached hydrogens (tertiary/aromatic N) is 8. The lowest BCUT2D eigenvalue weighted by Gasteiger charge is -2.08. The molecule has 0 aliphatic heterocycles. The van der Waals surface area contributed by atoms with E-state index >= 15 is 0 Å². The van der Waals surface area contributed by atoms with Crippen molar-refractivity contribution >= 4 is 11.4 Å². The molecule has 0 saturated carbocycles. The summed E-state index contributed by atoms with van der Waals surface area (Å²) in [6, 6.07) is 42.6. The van der Waals surface area contributed by atoms with Gasteiger partial charge in [-0.25, -0.2) is 9.97 Å². The van der Waals surface area contributed by atoms with Gasteiger partial charge in [0.25, 0.3) is 0 Å². The summed E-state index contributed by atoms with van der Waals surface area (Å²) in [6.45, 7) is 4.79. The van der Waals surface area contributed by atoms with E-state index < -0.39 is 0 Å². The van der Waals surface area contributed by atoms with Crippen molar-refractivity contribution in [3.05, 3.63) is 181 Å². The fourth-order valence-corrected chi connectivity index (χ4v) is 5.67. The Kier molecular flexibility index (Phi) is 10.6. The highest BCUT2D eigenvalue weighted by molar-refractivity contribution is 5.63. The first-order valence-electron chi connectivity index (χ1n) is 18.1. The van der Waals surface area contributed by atoms with Crippen LogP contribution in [0.25, 0.3) is 45.6 Å². The molecule has 6 aromatic heterocycles. The van der Waals surface area contributed by atoms with Gasteiger partial charge in [-0.1, -0.05) is 36.4 Å². The molecule has 0 atom stereocenters. The summed E-state index contributed by atoms with van der Waals surface area (Å²) in [5, 5.41) is 8.76. The lowest BCUT2D eigenvalue weighted by Crippen LogP contribution is -1.97. The van der Waals surface area contributed by atoms with Gasteiger partial charge in [-0.15, -0.1) is 0 Å². The number of azo groups is 1. The van der Waals surface area contributed by atoms with Crippen LogP contribution in [0.1, 0.15) is 22.3 Å². The topological polar surface area (TPSA) is 121 Å². The first-order chi connectivity index (χ1) is 27.5. The van der Waals surface area contributed by atoms with Gasteiger partial charge in [0, 0.05) is 35.9 Å². The van der Waals surface area contributed by atoms with Crippen LogP contribution in [-0.2, 0) is 13.2 Å². The first kappa shape index (κ1) is 35.6. The number of hydrogen-bond donors (Lipinski definition) is 0. The number of rotatable bonds is 12. The third-order valence-corrected chi connectivity index (χ3v) is 8.79. The molecule has 2 aromatic carbocycles. The van der Waals surface area contributed by atoms with Crippen molar-refractivity contribution in [1.29, 1.82) is 0 Å². The zero-order valence-electron chi connectivity index (χ0n) is 30.8. The molecule has 10 heteroatoms. The van der Waals surface area contributed by atoms with Gasteiger partial charge in [0.05, 0.1) is 56.9 Å². The second-order valence-electron chi connectivity index (χ2n) is 13.1. The summed E-state index contributed by atoms with van der Waals surface area (Å²) >= 11 is 0. The van der Waals surface area contributed by atoms with Crippen molar-refractivity contribution in [1.82, 2.24) is 29.9 Å². The Morgan fingerprint density at radius 2 is 0.732 bits per heavy atom. The van der Waals surface area contributed by atoms with E-state index in [1.165, 1.54) is 0 Å². The van der Waals surface area contributed by atoms with Crippen LogP contribution >= 0.6 is 0 Å². The van der Waals surface area contributed by atoms with Crippen LogP contribution in [0.3, 0.4) is 0 Å². The van der Waals surface area contributed by atoms with Gasteiger partial charge in [-0.05, 0) is 122 Å². The van der Waals surface area contributed by atoms with E-state index in [0.717, 1.165) is 79.3 Å². The Labute approximate surface area is 324 Å². The summed E-state index contributed by atoms with van der Waals surface area (Å²) in [5.74, 6) is 1.45. The van der Waals surface area contributed by atoms with E-state index in [4.69, 9.17) is 19.4 Å². The van der Waals surface area contributed by atoms with Gasteiger partial charge in [-0.3, -0.25) is 19.9 Å². The van der Waals surface area contributed by atoms with Crippen LogP contribution in [0.4, 0.5) is 11.4 Å². The maximum Gasteiger partial charge on any atom is 0.119 e. The predicted octanol–water partition coefficient (Wildman–Crippen LogP) is 10.9. The van der Waals surface area contributed by atoms with Gasteiger partial charge in [0.2, 0.25) is 0 Å². The number of hydrogen-bond acceptors (Lipinski definition) is 10. The van der Waals surface area contributed by atoms with Crippen molar-refractivity contribution in [2.24, 2.45) is 10.2 Å². The molecule has 0 aliphatic rings. The fraction of sp³-hybridized carbons (Fsp3) is 0.0870. The van der Waals surface area contributed by atoms with Crippen molar-refractivity contribution in [2.45, 2.75) is 27.1 Å². The molecule has 0 amide bonds. The first-order valence-corrected chi connectivity index (χ1v) is 18.1. The van der Waals surface area contributed by atoms with Crippen LogP contribution in [-0.4, -0.2) is 29.9 Å². The fourth-order valence-electron chi connectivity index (χ4n) is 5.67. The SMILES string of the molecule is Cc1ccc(-c2cccc(-c3ccc(COc4ccc(N=Nc5ccc(OCc6ccc(-c7cccc(-c8ccc(C)cn8)n7)nc6)cc5)cc4)cn3)n2)nc1. The molecule has 0 spiro atoms. The highest BCUT2D eigenvalue weighted by atomic mass is 16.5. The van der Waals surface area contributed by atoms with Gasteiger partial charge >= 0.3 is 0 Å². The van der Waals surface area contributed by atoms with E-state index in [0.29, 0.717) is 24.6 Å². The van der Waals surface area contributed by atoms with Gasteiger partial charge in [-0.2, -0.15) is 10.2 Å². The minimum atomic E-state index is 0.379. The molecule has 0 aliphatic carbocycles. The number of aromatic nitrogens is 6. The van der Waals surface area contributed by atoms with Crippen LogP contribution in [0.5, 0.6) is 11.5 Å². The normalized spacial score (nSPS) is 11.1. The highest BCUT2D eigenvalue weighted by Crippen LogP contribution is 2.26. The lowest BCUT2D eigenvalue weighted by molar-refractivity contribution is 0.305. The van der Waals surface area contributed by atoms with Crippen molar-refractivity contribution in [3.8, 4) is 57.1 Å². The molecule has 0 bridgehead atoms. The number of aryl methyl sites for hydroxylation is 2. The zero-order chi connectivity index (χ0) is 38.1. The summed E-state index contributed by atoms with van der Waals surface area (Å²) < 4.78 is 12.0. The molecule has 0 saturated heterocycles. The monoisotopic (exact) mass is 732 g/mol. The summed E-state index contributed by atoms with van der Waals surface area (Å²) in [7, 11) is 0. The Morgan fingerprint density at radius 3 is 1.05 bits per heavy atom. The smallest absolute Gasteiger partial charge is 0.119 e. The van der Waals surface area contributed by atoms with E-state index in [1.54, 1.807) is 0 Å². The Balaban J connectivity index is 0.800. The number of ether oxygens (including phenoxy) is 2. The van der Waals surface area contributed by atoms with Crippen LogP contribution in [0.15, 0.2) is 168 Å². The summed E-state index contributed by atoms with van der Waals surface area (Å²) in [5.41, 5.74) is 12.0. The van der Waals surface area contributed by atoms with Crippen LogP contribution < -0.4 is 9.47 Å². The van der Waals surface area contributed by atoms with Gasteiger partial charge < -0.3 is 9.47 Å². The minimum Gasteiger partial charge on any atom is -0.489 e. The second kappa shape index (κ2) is 16.7. The van der Waals surface area contributed by atoms with Gasteiger partial charge in [0.15, 0.2) is 0 Å². The molecule has 56 heavy (non-hydrogen) atoms. The molecule has 10 nitrogen and oxygen atoms in total. The molecule has 8 rings (SSSR count). The predicted molar refractivity (Wildman–Crippen MR) is 217 cm³/mol. The van der Waals surface area contributed by atoms with E-state index in [1.807, 2.05) is 172 Å². The number of benzene rings is 2. The summed E-state index contributed by atoms with van der Waals surface area (Å²) in [4.78, 5) is 27.8. The van der Waals surface area contributed by atoms with Crippen LogP contribution in [0.2, 0.25) is 0 Å². The quantitative estimate of drug-likeness (QED) is 0.114. The molecular weight excluding hydrogens is 697 g/mol. The van der Waals surface area contributed by atoms with Gasteiger partial charge in [0.1, 0.15) is 24.7 Å². The molecular formula is C46H36N8O2. The second-order valence-corrected chi connectivity index (χ2v) is 13.1. The lowest BCUT2D eigenvalue weighted by atomic mass is 10.1. The van der Waals surface area contributed by atoms with Crippen molar-refractivity contribution in [2.75, 3.05) is 0 Å². The van der Waals surface area contributed by atoms with E-state index in [-0.39, 0.29) is 0 Å². The molecule has 0 fully saturated rings. The summed E-state index contributed by atoms with van der Waals surface area (Å²) in [6.07, 6.45) is 7.31. The average Bonchev–Trinajstić information content (AvgIpc) is 3.26. The molecule has 0 unspecified atom stereocenters. The Bertz CT molecular complexity index is 2380. The standard InChI is InChI=1S/C46H36N8O2/c1-31-9-21-39(47-25-31)43-5-3-7-45(51-43)41-23-11-33(27-49-41)29-55-37-17-13-35(14-18-37)53-54-36-15-19-38(20-16-36)56-30-34-12-24-42(50-28-34)46-8-4-6-44(52-46)40-22-10-32(2)26-48-40/h3-28H,29-30H2,1-2H3. The van der Waals surface area contributed by atoms with Crippen molar-refractivity contribution < 1.29 is 9.47 Å². The highest BCUT2D eigenvalue weighted by Gasteiger charge is 2.08. The maximum absolute atomic E-state index is 6.00. The maximum atomic E-state index is 6.00. The third-order valence-electron chi connectivity index (χ3n) is 8.79. The molecule has 0 N–H and O–H groups in total. The zero-order valence-corrected chi connectivity index (χ0v) is 30.8. The Hall–Kier alpha value is -7.46. The Morgan fingerprint density at radius 1 is 0.375 bits per heavy atom. The molecule has 6 heterocycles. The van der Waals surface area contributed by atoms with Crippen molar-refractivity contribution in [3.63, 3.8) is 0 Å². The van der Waals surface area contributed by atoms with Crippen LogP contribution in [0, 0.1) is 13.8 Å². The minimum absolute atomic E-state index is 0.379. The average molecular weight is 733 g/mol. The molecule has 272 valence electrons. The molecule has 8 aromatic rings. The largest absolute Gasteiger partial charge is 0.489 e. The third kappa shape index (κ3) is 9.00.